The number of carbonyl (C=O) groups is 1. The number of benzene rings is 3. The van der Waals surface area contributed by atoms with Gasteiger partial charge in [-0.1, -0.05) is 48.0 Å². The van der Waals surface area contributed by atoms with Gasteiger partial charge in [0.1, 0.15) is 5.75 Å². The Kier molecular flexibility index (Phi) is 6.37. The first-order chi connectivity index (χ1) is 16.2. The van der Waals surface area contributed by atoms with Crippen molar-refractivity contribution in [1.29, 1.82) is 0 Å². The van der Waals surface area contributed by atoms with Crippen LogP contribution < -0.4 is 10.1 Å². The van der Waals surface area contributed by atoms with Gasteiger partial charge in [-0.05, 0) is 37.3 Å². The second-order valence-electron chi connectivity index (χ2n) is 8.04. The molecule has 34 heavy (non-hydrogen) atoms. The number of fused-ring (bicyclic) bond motifs is 1. The Bertz CT molecular complexity index is 1480. The highest BCUT2D eigenvalue weighted by Gasteiger charge is 2.21. The number of nitrogens with one attached hydrogen (secondary N) is 1. The molecule has 0 bridgehead atoms. The maximum absolute atomic E-state index is 13.5. The summed E-state index contributed by atoms with van der Waals surface area (Å²) in [7, 11) is 0.675. The van der Waals surface area contributed by atoms with Crippen molar-refractivity contribution in [2.45, 2.75) is 11.8 Å². The lowest BCUT2D eigenvalue weighted by Crippen LogP contribution is -2.22. The van der Waals surface area contributed by atoms with E-state index in [2.05, 4.69) is 5.32 Å². The van der Waals surface area contributed by atoms with Crippen LogP contribution in [0.4, 0.5) is 5.69 Å². The van der Waals surface area contributed by atoms with Crippen molar-refractivity contribution in [2.75, 3.05) is 26.5 Å². The zero-order valence-electron chi connectivity index (χ0n) is 19.4. The van der Waals surface area contributed by atoms with Gasteiger partial charge in [0.05, 0.1) is 34.5 Å². The molecule has 3 aromatic carbocycles. The second-order valence-corrected chi connectivity index (χ2v) is 10.2. The molecule has 1 amide bonds. The van der Waals surface area contributed by atoms with Crippen LogP contribution in [0.25, 0.3) is 22.2 Å². The molecule has 0 radical (unpaired) electrons. The number of methoxy groups -OCH3 is 1. The van der Waals surface area contributed by atoms with Gasteiger partial charge in [0.15, 0.2) is 0 Å². The van der Waals surface area contributed by atoms with E-state index in [0.29, 0.717) is 27.9 Å². The number of sulfonamides is 1. The number of pyridine rings is 1. The highest BCUT2D eigenvalue weighted by Crippen LogP contribution is 2.31. The molecule has 7 nitrogen and oxygen atoms in total. The molecular formula is C26H25N3O4S. The van der Waals surface area contributed by atoms with Crippen LogP contribution >= 0.6 is 0 Å². The van der Waals surface area contributed by atoms with Crippen LogP contribution in [0, 0.1) is 6.92 Å². The van der Waals surface area contributed by atoms with E-state index in [4.69, 9.17) is 9.72 Å². The lowest BCUT2D eigenvalue weighted by Gasteiger charge is -2.16. The Morgan fingerprint density at radius 2 is 1.68 bits per heavy atom. The number of ether oxygens (including phenoxy) is 1. The number of nitrogens with zero attached hydrogens (tertiary/aromatic N) is 2. The van der Waals surface area contributed by atoms with Crippen LogP contribution in [0.5, 0.6) is 5.75 Å². The van der Waals surface area contributed by atoms with Crippen molar-refractivity contribution in [1.82, 2.24) is 9.29 Å². The topological polar surface area (TPSA) is 88.6 Å². The average Bonchev–Trinajstić information content (AvgIpc) is 2.83. The normalized spacial score (nSPS) is 11.6. The minimum Gasteiger partial charge on any atom is -0.495 e. The first kappa shape index (κ1) is 23.4. The minimum atomic E-state index is -3.69. The second kappa shape index (κ2) is 9.24. The number of aromatic nitrogens is 1. The number of amides is 1. The van der Waals surface area contributed by atoms with Crippen LogP contribution in [0.1, 0.15) is 15.9 Å². The van der Waals surface area contributed by atoms with Crippen molar-refractivity contribution >= 4 is 32.5 Å². The molecule has 4 aromatic rings. The first-order valence-electron chi connectivity index (χ1n) is 10.6. The van der Waals surface area contributed by atoms with Crippen molar-refractivity contribution in [3.8, 4) is 17.0 Å². The largest absolute Gasteiger partial charge is 0.495 e. The molecule has 174 valence electrons. The fourth-order valence-electron chi connectivity index (χ4n) is 3.58. The number of anilines is 1. The van der Waals surface area contributed by atoms with Crippen molar-refractivity contribution in [3.63, 3.8) is 0 Å². The van der Waals surface area contributed by atoms with Gasteiger partial charge >= 0.3 is 0 Å². The molecule has 1 heterocycles. The number of hydrogen-bond donors (Lipinski definition) is 1. The summed E-state index contributed by atoms with van der Waals surface area (Å²) < 4.78 is 31.7. The van der Waals surface area contributed by atoms with Gasteiger partial charge in [-0.3, -0.25) is 4.79 Å². The predicted molar refractivity (Wildman–Crippen MR) is 134 cm³/mol. The Balaban J connectivity index is 1.80. The zero-order chi connectivity index (χ0) is 24.5. The van der Waals surface area contributed by atoms with E-state index in [1.165, 1.54) is 39.4 Å². The number of hydrogen-bond acceptors (Lipinski definition) is 5. The predicted octanol–water partition coefficient (Wildman–Crippen LogP) is 4.72. The molecule has 0 unspecified atom stereocenters. The van der Waals surface area contributed by atoms with Crippen LogP contribution in [0.15, 0.2) is 77.7 Å². The lowest BCUT2D eigenvalue weighted by atomic mass is 10.0. The molecule has 0 spiro atoms. The molecule has 0 saturated heterocycles. The smallest absolute Gasteiger partial charge is 0.256 e. The molecule has 0 aliphatic rings. The molecule has 0 aliphatic carbocycles. The van der Waals surface area contributed by atoms with Gasteiger partial charge in [-0.2, -0.15) is 0 Å². The summed E-state index contributed by atoms with van der Waals surface area (Å²) in [4.78, 5) is 18.3. The molecule has 0 fully saturated rings. The molecular weight excluding hydrogens is 450 g/mol. The zero-order valence-corrected chi connectivity index (χ0v) is 20.2. The van der Waals surface area contributed by atoms with E-state index < -0.39 is 15.9 Å². The third kappa shape index (κ3) is 4.50. The quantitative estimate of drug-likeness (QED) is 0.436. The monoisotopic (exact) mass is 475 g/mol. The van der Waals surface area contributed by atoms with Gasteiger partial charge in [0, 0.05) is 25.0 Å². The number of rotatable bonds is 6. The maximum atomic E-state index is 13.5. The average molecular weight is 476 g/mol. The fraction of sp³-hybridized carbons (Fsp3) is 0.154. The first-order valence-corrected chi connectivity index (χ1v) is 12.0. The van der Waals surface area contributed by atoms with Gasteiger partial charge < -0.3 is 10.1 Å². The Morgan fingerprint density at radius 3 is 2.35 bits per heavy atom. The molecule has 8 heteroatoms. The van der Waals surface area contributed by atoms with Crippen molar-refractivity contribution in [3.05, 3.63) is 83.9 Å². The third-order valence-corrected chi connectivity index (χ3v) is 7.32. The van der Waals surface area contributed by atoms with Gasteiger partial charge in [0.2, 0.25) is 10.0 Å². The molecule has 1 N–H and O–H groups in total. The Morgan fingerprint density at radius 1 is 0.971 bits per heavy atom. The summed E-state index contributed by atoms with van der Waals surface area (Å²) in [6, 6.07) is 21.4. The van der Waals surface area contributed by atoms with Crippen LogP contribution in [0.2, 0.25) is 0 Å². The molecule has 0 saturated carbocycles. The summed E-state index contributed by atoms with van der Waals surface area (Å²) in [5.41, 5.74) is 4.04. The minimum absolute atomic E-state index is 0.0496. The third-order valence-electron chi connectivity index (χ3n) is 5.51. The van der Waals surface area contributed by atoms with E-state index >= 15 is 0 Å². The summed E-state index contributed by atoms with van der Waals surface area (Å²) in [6.07, 6.45) is 0. The van der Waals surface area contributed by atoms with Gasteiger partial charge in [-0.15, -0.1) is 0 Å². The summed E-state index contributed by atoms with van der Waals surface area (Å²) >= 11 is 0. The summed E-state index contributed by atoms with van der Waals surface area (Å²) in [5, 5.41) is 3.52. The highest BCUT2D eigenvalue weighted by molar-refractivity contribution is 7.89. The van der Waals surface area contributed by atoms with E-state index in [-0.39, 0.29) is 10.6 Å². The fourth-order valence-corrected chi connectivity index (χ4v) is 4.51. The van der Waals surface area contributed by atoms with E-state index in [1.54, 1.807) is 6.07 Å². The van der Waals surface area contributed by atoms with Crippen LogP contribution in [-0.4, -0.2) is 44.8 Å². The number of aryl methyl sites for hydroxylation is 1. The Labute approximate surface area is 199 Å². The van der Waals surface area contributed by atoms with Crippen LogP contribution in [0.3, 0.4) is 0 Å². The molecule has 4 rings (SSSR count). The standard InChI is InChI=1S/C26H25N3O4S/c1-17-9-11-18(12-10-17)23-16-21(20-7-5-6-8-22(20)27-23)26(30)28-24-15-19(13-14-25(24)33-4)34(31,32)29(2)3/h5-16H,1-4H3,(H,28,30). The number of para-hydroxylation sites is 1. The van der Waals surface area contributed by atoms with Gasteiger partial charge in [-0.25, -0.2) is 17.7 Å². The maximum Gasteiger partial charge on any atom is 0.256 e. The number of carbonyl (C=O) groups excluding carboxylic acids is 1. The van der Waals surface area contributed by atoms with Crippen molar-refractivity contribution in [2.24, 2.45) is 0 Å². The van der Waals surface area contributed by atoms with E-state index in [0.717, 1.165) is 15.4 Å². The highest BCUT2D eigenvalue weighted by atomic mass is 32.2. The van der Waals surface area contributed by atoms with Crippen LogP contribution in [-0.2, 0) is 10.0 Å². The summed E-state index contributed by atoms with van der Waals surface area (Å²) in [5.74, 6) is -0.0483. The molecule has 0 atom stereocenters. The molecule has 0 aliphatic heterocycles. The Hall–Kier alpha value is -3.75. The van der Waals surface area contributed by atoms with E-state index in [1.807, 2.05) is 55.5 Å². The summed E-state index contributed by atoms with van der Waals surface area (Å²) in [6.45, 7) is 2.01. The van der Waals surface area contributed by atoms with Gasteiger partial charge in [0.25, 0.3) is 5.91 Å². The van der Waals surface area contributed by atoms with Crippen molar-refractivity contribution < 1.29 is 17.9 Å². The lowest BCUT2D eigenvalue weighted by molar-refractivity contribution is 0.102. The SMILES string of the molecule is COc1ccc(S(=O)(=O)N(C)C)cc1NC(=O)c1cc(-c2ccc(C)cc2)nc2ccccc12. The molecule has 1 aromatic heterocycles. The van der Waals surface area contributed by atoms with E-state index in [9.17, 15) is 13.2 Å².